The molecule has 0 spiro atoms. The number of rotatable bonds is 5. The second kappa shape index (κ2) is 5.02. The second-order valence-corrected chi connectivity index (χ2v) is 3.28. The zero-order valence-electron chi connectivity index (χ0n) is 8.40. The van der Waals surface area contributed by atoms with E-state index in [1.807, 2.05) is 6.20 Å². The third kappa shape index (κ3) is 2.84. The summed E-state index contributed by atoms with van der Waals surface area (Å²) in [6.45, 7) is 5.08. The molecule has 1 heterocycles. The fourth-order valence-electron chi connectivity index (χ4n) is 1.46. The molecular weight excluding hydrogens is 164 g/mol. The van der Waals surface area contributed by atoms with Crippen LogP contribution in [-0.2, 0) is 13.0 Å². The minimum Gasteiger partial charge on any atom is -0.393 e. The van der Waals surface area contributed by atoms with Crippen LogP contribution in [0.4, 0.5) is 0 Å². The van der Waals surface area contributed by atoms with Gasteiger partial charge in [0.15, 0.2) is 0 Å². The number of aryl methyl sites for hydroxylation is 1. The average Bonchev–Trinajstić information content (AvgIpc) is 2.52. The van der Waals surface area contributed by atoms with E-state index < -0.39 is 0 Å². The quantitative estimate of drug-likeness (QED) is 0.751. The molecule has 0 aliphatic carbocycles. The summed E-state index contributed by atoms with van der Waals surface area (Å²) in [5.74, 6) is 0.989. The molecule has 0 aliphatic heterocycles. The molecule has 0 fully saturated rings. The van der Waals surface area contributed by atoms with E-state index in [2.05, 4.69) is 23.4 Å². The molecular formula is C10H18N2O. The van der Waals surface area contributed by atoms with Crippen LogP contribution in [0.5, 0.6) is 0 Å². The lowest BCUT2D eigenvalue weighted by molar-refractivity contribution is 0.160. The van der Waals surface area contributed by atoms with E-state index in [4.69, 9.17) is 0 Å². The molecule has 0 radical (unpaired) electrons. The van der Waals surface area contributed by atoms with Gasteiger partial charge in [0.2, 0.25) is 0 Å². The first kappa shape index (κ1) is 10.3. The maximum Gasteiger partial charge on any atom is 0.111 e. The SMILES string of the molecule is CCCC(O)Cc1nccn1CC. The smallest absolute Gasteiger partial charge is 0.111 e. The van der Waals surface area contributed by atoms with Crippen LogP contribution in [0.1, 0.15) is 32.5 Å². The molecule has 0 bridgehead atoms. The zero-order chi connectivity index (χ0) is 9.68. The van der Waals surface area contributed by atoms with Crippen molar-refractivity contribution in [2.75, 3.05) is 0 Å². The molecule has 1 rings (SSSR count). The van der Waals surface area contributed by atoms with Gasteiger partial charge >= 0.3 is 0 Å². The Labute approximate surface area is 79.4 Å². The van der Waals surface area contributed by atoms with Crippen LogP contribution in [-0.4, -0.2) is 20.8 Å². The van der Waals surface area contributed by atoms with Crippen LogP contribution in [0.2, 0.25) is 0 Å². The summed E-state index contributed by atoms with van der Waals surface area (Å²) in [5, 5.41) is 9.59. The van der Waals surface area contributed by atoms with E-state index in [0.717, 1.165) is 25.2 Å². The number of hydrogen-bond acceptors (Lipinski definition) is 2. The van der Waals surface area contributed by atoms with Crippen LogP contribution in [0.25, 0.3) is 0 Å². The number of aliphatic hydroxyl groups is 1. The van der Waals surface area contributed by atoms with Gasteiger partial charge in [-0.15, -0.1) is 0 Å². The molecule has 0 saturated carbocycles. The van der Waals surface area contributed by atoms with Crippen LogP contribution < -0.4 is 0 Å². The highest BCUT2D eigenvalue weighted by atomic mass is 16.3. The largest absolute Gasteiger partial charge is 0.393 e. The second-order valence-electron chi connectivity index (χ2n) is 3.28. The van der Waals surface area contributed by atoms with Crippen molar-refractivity contribution in [1.82, 2.24) is 9.55 Å². The summed E-state index contributed by atoms with van der Waals surface area (Å²) in [6, 6.07) is 0. The number of hydrogen-bond donors (Lipinski definition) is 1. The molecule has 74 valence electrons. The van der Waals surface area contributed by atoms with E-state index in [1.54, 1.807) is 6.20 Å². The molecule has 1 unspecified atom stereocenters. The van der Waals surface area contributed by atoms with Gasteiger partial charge in [-0.25, -0.2) is 4.98 Å². The van der Waals surface area contributed by atoms with E-state index >= 15 is 0 Å². The van der Waals surface area contributed by atoms with Gasteiger partial charge in [-0.1, -0.05) is 13.3 Å². The monoisotopic (exact) mass is 182 g/mol. The lowest BCUT2D eigenvalue weighted by atomic mass is 10.1. The van der Waals surface area contributed by atoms with Crippen molar-refractivity contribution in [3.05, 3.63) is 18.2 Å². The predicted octanol–water partition coefficient (Wildman–Crippen LogP) is 1.61. The predicted molar refractivity (Wildman–Crippen MR) is 52.5 cm³/mol. The fraction of sp³-hybridized carbons (Fsp3) is 0.700. The van der Waals surface area contributed by atoms with Gasteiger partial charge in [0, 0.05) is 25.4 Å². The van der Waals surface area contributed by atoms with Gasteiger partial charge in [0.25, 0.3) is 0 Å². The van der Waals surface area contributed by atoms with Crippen LogP contribution in [0, 0.1) is 0 Å². The molecule has 1 atom stereocenters. The summed E-state index contributed by atoms with van der Waals surface area (Å²) >= 11 is 0. The van der Waals surface area contributed by atoms with Crippen LogP contribution in [0.15, 0.2) is 12.4 Å². The molecule has 3 heteroatoms. The summed E-state index contributed by atoms with van der Waals surface area (Å²) in [4.78, 5) is 4.21. The molecule has 0 amide bonds. The Hall–Kier alpha value is -0.830. The number of imidazole rings is 1. The van der Waals surface area contributed by atoms with Gasteiger partial charge in [-0.05, 0) is 13.3 Å². The maximum absolute atomic E-state index is 9.59. The average molecular weight is 182 g/mol. The third-order valence-electron chi connectivity index (χ3n) is 2.18. The van der Waals surface area contributed by atoms with Crippen molar-refractivity contribution in [2.24, 2.45) is 0 Å². The van der Waals surface area contributed by atoms with Gasteiger partial charge in [0.05, 0.1) is 6.10 Å². The molecule has 0 saturated heterocycles. The summed E-state index contributed by atoms with van der Waals surface area (Å²) in [5.41, 5.74) is 0. The maximum atomic E-state index is 9.59. The molecule has 0 aromatic carbocycles. The van der Waals surface area contributed by atoms with Gasteiger partial charge in [-0.3, -0.25) is 0 Å². The molecule has 1 aromatic rings. The molecule has 3 nitrogen and oxygen atoms in total. The Morgan fingerprint density at radius 2 is 2.31 bits per heavy atom. The van der Waals surface area contributed by atoms with Crippen LogP contribution in [0.3, 0.4) is 0 Å². The van der Waals surface area contributed by atoms with Gasteiger partial charge in [-0.2, -0.15) is 0 Å². The van der Waals surface area contributed by atoms with Crippen LogP contribution >= 0.6 is 0 Å². The van der Waals surface area contributed by atoms with E-state index in [0.29, 0.717) is 6.42 Å². The molecule has 1 aromatic heterocycles. The van der Waals surface area contributed by atoms with E-state index in [-0.39, 0.29) is 6.10 Å². The number of aromatic nitrogens is 2. The van der Waals surface area contributed by atoms with Crippen molar-refractivity contribution in [2.45, 2.75) is 45.8 Å². The summed E-state index contributed by atoms with van der Waals surface area (Å²) in [7, 11) is 0. The Balaban J connectivity index is 2.52. The lowest BCUT2D eigenvalue weighted by Crippen LogP contribution is -2.14. The fourth-order valence-corrected chi connectivity index (χ4v) is 1.46. The first-order valence-electron chi connectivity index (χ1n) is 4.96. The minimum atomic E-state index is -0.238. The standard InChI is InChI=1S/C10H18N2O/c1-3-5-9(13)8-10-11-6-7-12(10)4-2/h6-7,9,13H,3-5,8H2,1-2H3. The molecule has 0 aliphatic rings. The van der Waals surface area contributed by atoms with Crippen molar-refractivity contribution in [3.63, 3.8) is 0 Å². The highest BCUT2D eigenvalue weighted by Gasteiger charge is 2.08. The van der Waals surface area contributed by atoms with Gasteiger partial charge in [0.1, 0.15) is 5.82 Å². The zero-order valence-corrected chi connectivity index (χ0v) is 8.40. The first-order chi connectivity index (χ1) is 6.27. The van der Waals surface area contributed by atoms with E-state index in [1.165, 1.54) is 0 Å². The third-order valence-corrected chi connectivity index (χ3v) is 2.18. The number of aliphatic hydroxyl groups excluding tert-OH is 1. The first-order valence-corrected chi connectivity index (χ1v) is 4.96. The van der Waals surface area contributed by atoms with E-state index in [9.17, 15) is 5.11 Å². The number of nitrogens with zero attached hydrogens (tertiary/aromatic N) is 2. The van der Waals surface area contributed by atoms with Crippen molar-refractivity contribution < 1.29 is 5.11 Å². The molecule has 13 heavy (non-hydrogen) atoms. The normalized spacial score (nSPS) is 13.2. The topological polar surface area (TPSA) is 38.1 Å². The molecule has 1 N–H and O–H groups in total. The minimum absolute atomic E-state index is 0.238. The van der Waals surface area contributed by atoms with Crippen molar-refractivity contribution >= 4 is 0 Å². The highest BCUT2D eigenvalue weighted by Crippen LogP contribution is 2.05. The van der Waals surface area contributed by atoms with Crippen molar-refractivity contribution in [3.8, 4) is 0 Å². The summed E-state index contributed by atoms with van der Waals surface area (Å²) in [6.07, 6.45) is 6.06. The lowest BCUT2D eigenvalue weighted by Gasteiger charge is -2.09. The van der Waals surface area contributed by atoms with Gasteiger partial charge < -0.3 is 9.67 Å². The Kier molecular flexibility index (Phi) is 3.96. The Bertz CT molecular complexity index is 245. The Morgan fingerprint density at radius 1 is 1.54 bits per heavy atom. The summed E-state index contributed by atoms with van der Waals surface area (Å²) < 4.78 is 2.07. The van der Waals surface area contributed by atoms with Crippen molar-refractivity contribution in [1.29, 1.82) is 0 Å². The highest BCUT2D eigenvalue weighted by molar-refractivity contribution is 4.93. The Morgan fingerprint density at radius 3 is 2.92 bits per heavy atom.